The molecule has 1 heterocycles. The number of aromatic nitrogens is 2. The van der Waals surface area contributed by atoms with Crippen molar-refractivity contribution in [3.05, 3.63) is 47.8 Å². The minimum absolute atomic E-state index is 0.182. The second kappa shape index (κ2) is 8.86. The number of carbonyl (C=O) groups excluding carboxylic acids is 1. The minimum Gasteiger partial charge on any atom is -0.493 e. The number of benzene rings is 2. The molecular weight excluding hydrogens is 370 g/mol. The average molecular weight is 397 g/mol. The van der Waals surface area contributed by atoms with Crippen molar-refractivity contribution in [1.29, 1.82) is 0 Å². The van der Waals surface area contributed by atoms with Gasteiger partial charge in [-0.1, -0.05) is 32.4 Å². The zero-order valence-electron chi connectivity index (χ0n) is 17.4. The molecule has 7 nitrogen and oxygen atoms in total. The number of aromatic amines is 1. The number of rotatable bonds is 8. The molecular formula is C22H27N3O4. The summed E-state index contributed by atoms with van der Waals surface area (Å²) in [6, 6.07) is 10.8. The first kappa shape index (κ1) is 20.5. The lowest BCUT2D eigenvalue weighted by Gasteiger charge is -2.23. The van der Waals surface area contributed by atoms with Crippen LogP contribution in [0.2, 0.25) is 0 Å². The molecule has 3 rings (SSSR count). The van der Waals surface area contributed by atoms with Crippen molar-refractivity contribution in [1.82, 2.24) is 15.3 Å². The lowest BCUT2D eigenvalue weighted by atomic mass is 9.98. The molecule has 154 valence electrons. The summed E-state index contributed by atoms with van der Waals surface area (Å²) in [6.45, 7) is 4.18. The zero-order chi connectivity index (χ0) is 21.0. The van der Waals surface area contributed by atoms with E-state index in [0.717, 1.165) is 23.3 Å². The van der Waals surface area contributed by atoms with Crippen LogP contribution in [0.1, 0.15) is 42.5 Å². The molecule has 7 heteroatoms. The first-order valence-electron chi connectivity index (χ1n) is 9.57. The highest BCUT2D eigenvalue weighted by atomic mass is 16.5. The maximum atomic E-state index is 13.1. The standard InChI is InChI=1S/C22H27N3O4/c1-6-13(2)19(21-23-15-9-7-8-10-16(15)24-21)25-22(26)14-11-17(27-3)20(29-5)18(12-14)28-4/h7-13,19H,6H2,1-5H3,(H,23,24)(H,25,26)/t13-,19-/m1/s1. The fourth-order valence-electron chi connectivity index (χ4n) is 3.27. The Balaban J connectivity index is 1.95. The quantitative estimate of drug-likeness (QED) is 0.598. The number of ether oxygens (including phenoxy) is 3. The Labute approximate surface area is 170 Å². The van der Waals surface area contributed by atoms with Crippen LogP contribution in [0.15, 0.2) is 36.4 Å². The van der Waals surface area contributed by atoms with Gasteiger partial charge >= 0.3 is 0 Å². The predicted octanol–water partition coefficient (Wildman–Crippen LogP) is 4.11. The summed E-state index contributed by atoms with van der Waals surface area (Å²) < 4.78 is 16.1. The lowest BCUT2D eigenvalue weighted by Crippen LogP contribution is -2.33. The van der Waals surface area contributed by atoms with Crippen LogP contribution in [-0.4, -0.2) is 37.2 Å². The first-order valence-corrected chi connectivity index (χ1v) is 9.57. The van der Waals surface area contributed by atoms with Gasteiger partial charge < -0.3 is 24.5 Å². The molecule has 2 aromatic carbocycles. The van der Waals surface area contributed by atoms with Gasteiger partial charge in [0.1, 0.15) is 5.82 Å². The molecule has 1 aromatic heterocycles. The molecule has 29 heavy (non-hydrogen) atoms. The molecule has 1 amide bonds. The third-order valence-electron chi connectivity index (χ3n) is 5.13. The van der Waals surface area contributed by atoms with E-state index in [2.05, 4.69) is 29.1 Å². The molecule has 0 unspecified atom stereocenters. The number of nitrogens with zero attached hydrogens (tertiary/aromatic N) is 1. The molecule has 0 spiro atoms. The van der Waals surface area contributed by atoms with Crippen LogP contribution >= 0.6 is 0 Å². The van der Waals surface area contributed by atoms with Gasteiger partial charge in [-0.3, -0.25) is 4.79 Å². The number of hydrogen-bond acceptors (Lipinski definition) is 5. The van der Waals surface area contributed by atoms with E-state index >= 15 is 0 Å². The predicted molar refractivity (Wildman–Crippen MR) is 112 cm³/mol. The van der Waals surface area contributed by atoms with Gasteiger partial charge in [-0.05, 0) is 30.2 Å². The maximum Gasteiger partial charge on any atom is 0.252 e. The van der Waals surface area contributed by atoms with Gasteiger partial charge in [-0.25, -0.2) is 4.98 Å². The summed E-state index contributed by atoms with van der Waals surface area (Å²) in [6.07, 6.45) is 0.886. The summed E-state index contributed by atoms with van der Waals surface area (Å²) in [5, 5.41) is 3.12. The van der Waals surface area contributed by atoms with E-state index in [-0.39, 0.29) is 17.9 Å². The van der Waals surface area contributed by atoms with Crippen molar-refractivity contribution in [3.8, 4) is 17.2 Å². The van der Waals surface area contributed by atoms with Crippen LogP contribution in [0.4, 0.5) is 0 Å². The van der Waals surface area contributed by atoms with Crippen molar-refractivity contribution < 1.29 is 19.0 Å². The Hall–Kier alpha value is -3.22. The summed E-state index contributed by atoms with van der Waals surface area (Å²) in [5.74, 6) is 1.99. The number of carbonyl (C=O) groups is 1. The van der Waals surface area contributed by atoms with Gasteiger partial charge in [-0.15, -0.1) is 0 Å². The van der Waals surface area contributed by atoms with Crippen LogP contribution in [0, 0.1) is 5.92 Å². The second-order valence-electron chi connectivity index (χ2n) is 6.89. The van der Waals surface area contributed by atoms with Gasteiger partial charge in [0.15, 0.2) is 11.5 Å². The highest BCUT2D eigenvalue weighted by molar-refractivity contribution is 5.96. The third-order valence-corrected chi connectivity index (χ3v) is 5.13. The molecule has 0 aliphatic heterocycles. The summed E-state index contributed by atoms with van der Waals surface area (Å²) in [5.41, 5.74) is 2.24. The molecule has 2 N–H and O–H groups in total. The van der Waals surface area contributed by atoms with Crippen molar-refractivity contribution in [3.63, 3.8) is 0 Å². The van der Waals surface area contributed by atoms with Crippen LogP contribution < -0.4 is 19.5 Å². The number of H-pyrrole nitrogens is 1. The van der Waals surface area contributed by atoms with Crippen molar-refractivity contribution in [2.75, 3.05) is 21.3 Å². The Bertz CT molecular complexity index is 941. The Morgan fingerprint density at radius 1 is 1.10 bits per heavy atom. The number of fused-ring (bicyclic) bond motifs is 1. The fourth-order valence-corrected chi connectivity index (χ4v) is 3.27. The van der Waals surface area contributed by atoms with Gasteiger partial charge in [0.2, 0.25) is 5.75 Å². The summed E-state index contributed by atoms with van der Waals surface area (Å²) in [7, 11) is 4.57. The average Bonchev–Trinajstić information content (AvgIpc) is 3.19. The van der Waals surface area contributed by atoms with Gasteiger partial charge in [0.05, 0.1) is 38.4 Å². The zero-order valence-corrected chi connectivity index (χ0v) is 17.4. The van der Waals surface area contributed by atoms with E-state index in [1.165, 1.54) is 21.3 Å². The van der Waals surface area contributed by atoms with Crippen molar-refractivity contribution >= 4 is 16.9 Å². The topological polar surface area (TPSA) is 85.5 Å². The SMILES string of the molecule is CC[C@@H](C)[C@@H](NC(=O)c1cc(OC)c(OC)c(OC)c1)c1nc2ccccc2[nH]1. The molecule has 0 fully saturated rings. The molecule has 0 radical (unpaired) electrons. The Morgan fingerprint density at radius 3 is 2.31 bits per heavy atom. The molecule has 0 aliphatic carbocycles. The molecule has 0 saturated carbocycles. The molecule has 0 aliphatic rings. The summed E-state index contributed by atoms with van der Waals surface area (Å²) >= 11 is 0. The smallest absolute Gasteiger partial charge is 0.252 e. The normalized spacial score (nSPS) is 13.0. The monoisotopic (exact) mass is 397 g/mol. The number of nitrogens with one attached hydrogen (secondary N) is 2. The summed E-state index contributed by atoms with van der Waals surface area (Å²) in [4.78, 5) is 21.1. The van der Waals surface area contributed by atoms with Crippen LogP contribution in [0.25, 0.3) is 11.0 Å². The van der Waals surface area contributed by atoms with E-state index in [4.69, 9.17) is 14.2 Å². The molecule has 3 aromatic rings. The van der Waals surface area contributed by atoms with E-state index < -0.39 is 0 Å². The fraction of sp³-hybridized carbons (Fsp3) is 0.364. The second-order valence-corrected chi connectivity index (χ2v) is 6.89. The van der Waals surface area contributed by atoms with Gasteiger partial charge in [-0.2, -0.15) is 0 Å². The number of para-hydroxylation sites is 2. The van der Waals surface area contributed by atoms with Crippen molar-refractivity contribution in [2.24, 2.45) is 5.92 Å². The van der Waals surface area contributed by atoms with Gasteiger partial charge in [0, 0.05) is 5.56 Å². The van der Waals surface area contributed by atoms with Crippen LogP contribution in [0.3, 0.4) is 0 Å². The van der Waals surface area contributed by atoms with E-state index in [1.807, 2.05) is 24.3 Å². The molecule has 2 atom stereocenters. The number of amides is 1. The largest absolute Gasteiger partial charge is 0.493 e. The van der Waals surface area contributed by atoms with Crippen LogP contribution in [-0.2, 0) is 0 Å². The first-order chi connectivity index (χ1) is 14.0. The molecule has 0 saturated heterocycles. The van der Waals surface area contributed by atoms with Crippen molar-refractivity contribution in [2.45, 2.75) is 26.3 Å². The van der Waals surface area contributed by atoms with E-state index in [0.29, 0.717) is 22.8 Å². The number of hydrogen-bond donors (Lipinski definition) is 2. The highest BCUT2D eigenvalue weighted by Gasteiger charge is 2.25. The number of methoxy groups -OCH3 is 3. The van der Waals surface area contributed by atoms with Gasteiger partial charge in [0.25, 0.3) is 5.91 Å². The van der Waals surface area contributed by atoms with E-state index in [9.17, 15) is 4.79 Å². The minimum atomic E-state index is -0.265. The van der Waals surface area contributed by atoms with E-state index in [1.54, 1.807) is 12.1 Å². The highest BCUT2D eigenvalue weighted by Crippen LogP contribution is 2.38. The lowest BCUT2D eigenvalue weighted by molar-refractivity contribution is 0.0919. The number of imidazole rings is 1. The third kappa shape index (κ3) is 4.13. The van der Waals surface area contributed by atoms with Crippen LogP contribution in [0.5, 0.6) is 17.2 Å². The molecule has 0 bridgehead atoms. The Kier molecular flexibility index (Phi) is 6.26. The maximum absolute atomic E-state index is 13.1. The Morgan fingerprint density at radius 2 is 1.76 bits per heavy atom.